The third-order valence-corrected chi connectivity index (χ3v) is 7.57. The molecule has 240 valence electrons. The van der Waals surface area contributed by atoms with Gasteiger partial charge in [0.1, 0.15) is 28.2 Å². The molecule has 0 spiro atoms. The Hall–Kier alpha value is -2.61. The van der Waals surface area contributed by atoms with Gasteiger partial charge in [0.2, 0.25) is 0 Å². The minimum absolute atomic E-state index is 0.00700. The van der Waals surface area contributed by atoms with Gasteiger partial charge in [0, 0.05) is 25.2 Å². The van der Waals surface area contributed by atoms with Crippen LogP contribution in [0.15, 0.2) is 27.3 Å². The van der Waals surface area contributed by atoms with E-state index in [2.05, 4.69) is 44.6 Å². The van der Waals surface area contributed by atoms with Gasteiger partial charge >= 0.3 is 0 Å². The molecule has 0 saturated heterocycles. The maximum Gasteiger partial charge on any atom is 0.296 e. The lowest BCUT2D eigenvalue weighted by molar-refractivity contribution is 0.192. The molecule has 0 aliphatic heterocycles. The average Bonchev–Trinajstić information content (AvgIpc) is 2.97. The summed E-state index contributed by atoms with van der Waals surface area (Å²) in [6, 6.07) is 4.06. The second-order valence-electron chi connectivity index (χ2n) is 9.25. The first-order valence-corrected chi connectivity index (χ1v) is 16.0. The van der Waals surface area contributed by atoms with Gasteiger partial charge in [0.05, 0.1) is 35.4 Å². The quantitative estimate of drug-likeness (QED) is 0.0991. The first-order valence-electron chi connectivity index (χ1n) is 13.8. The Morgan fingerprint density at radius 3 is 2.00 bits per heavy atom. The van der Waals surface area contributed by atoms with Crippen molar-refractivity contribution in [2.45, 2.75) is 51.3 Å². The fourth-order valence-corrected chi connectivity index (χ4v) is 4.98. The van der Waals surface area contributed by atoms with Crippen LogP contribution in [0.4, 0.5) is 23.0 Å². The Balaban J connectivity index is 0.000000650. The standard InChI is InChI=1S/C17H18Cl2N6O5S.C10H23NO/c1-9-10(8-20)16(21-2-4-26)23-17(22-3-5-27)15(9)25-24-13-6-12(19)14(7-11(13)18)31(28,29)30;1-3-5-7-11(9-10-12)8-6-4-2/h6-7,26-27H,2-5H2,1H3,(H2,21,22,23)(H,28,29,30);12H,3-10H2,1-2H3. The molecule has 2 aromatic rings. The van der Waals surface area contributed by atoms with E-state index in [4.69, 9.17) is 38.5 Å². The number of anilines is 2. The molecule has 0 aliphatic rings. The van der Waals surface area contributed by atoms with Crippen LogP contribution in [-0.4, -0.2) is 90.7 Å². The number of benzene rings is 1. The molecule has 0 radical (unpaired) electrons. The van der Waals surface area contributed by atoms with Crippen LogP contribution in [0.25, 0.3) is 0 Å². The molecule has 0 amide bonds. The third kappa shape index (κ3) is 12.9. The number of pyridine rings is 1. The fourth-order valence-electron chi connectivity index (χ4n) is 3.69. The number of rotatable bonds is 17. The molecule has 43 heavy (non-hydrogen) atoms. The van der Waals surface area contributed by atoms with Crippen molar-refractivity contribution in [3.63, 3.8) is 0 Å². The fraction of sp³-hybridized carbons (Fsp3) is 0.556. The Morgan fingerprint density at radius 2 is 1.51 bits per heavy atom. The minimum atomic E-state index is -4.58. The van der Waals surface area contributed by atoms with Crippen LogP contribution in [0.5, 0.6) is 0 Å². The normalized spacial score (nSPS) is 11.4. The Morgan fingerprint density at radius 1 is 0.930 bits per heavy atom. The number of hydrogen-bond acceptors (Lipinski definition) is 12. The van der Waals surface area contributed by atoms with Crippen molar-refractivity contribution in [1.82, 2.24) is 9.88 Å². The van der Waals surface area contributed by atoms with Crippen LogP contribution >= 0.6 is 23.2 Å². The number of aromatic nitrogens is 1. The van der Waals surface area contributed by atoms with Crippen molar-refractivity contribution < 1.29 is 28.3 Å². The number of aliphatic hydroxyl groups excluding tert-OH is 3. The van der Waals surface area contributed by atoms with E-state index in [-0.39, 0.29) is 64.9 Å². The smallest absolute Gasteiger partial charge is 0.296 e. The second-order valence-corrected chi connectivity index (χ2v) is 11.5. The van der Waals surface area contributed by atoms with Crippen LogP contribution in [0.2, 0.25) is 10.0 Å². The molecular weight excluding hydrogens is 621 g/mol. The summed E-state index contributed by atoms with van der Waals surface area (Å²) in [4.78, 5) is 6.06. The maximum atomic E-state index is 11.3. The molecule has 0 saturated carbocycles. The predicted octanol–water partition coefficient (Wildman–Crippen LogP) is 4.92. The van der Waals surface area contributed by atoms with Crippen molar-refractivity contribution in [2.75, 3.05) is 63.2 Å². The highest BCUT2D eigenvalue weighted by Crippen LogP contribution is 2.38. The minimum Gasteiger partial charge on any atom is -0.395 e. The summed E-state index contributed by atoms with van der Waals surface area (Å²) >= 11 is 11.9. The van der Waals surface area contributed by atoms with E-state index in [9.17, 15) is 18.2 Å². The summed E-state index contributed by atoms with van der Waals surface area (Å²) in [5, 5.41) is 49.8. The molecule has 16 heteroatoms. The zero-order chi connectivity index (χ0) is 32.4. The Kier molecular flexibility index (Phi) is 18.2. The molecule has 1 aromatic heterocycles. The summed E-state index contributed by atoms with van der Waals surface area (Å²) < 4.78 is 31.8. The SMILES string of the molecule is CCCCN(CCO)CCCC.Cc1c(C#N)c(NCCO)nc(NCCO)c1N=Nc1cc(Cl)c(S(=O)(=O)O)cc1Cl. The first kappa shape index (κ1) is 38.4. The molecule has 0 bridgehead atoms. The van der Waals surface area contributed by atoms with E-state index in [1.807, 2.05) is 6.07 Å². The highest BCUT2D eigenvalue weighted by Gasteiger charge is 2.19. The maximum absolute atomic E-state index is 11.3. The van der Waals surface area contributed by atoms with Gasteiger partial charge in [-0.1, -0.05) is 49.9 Å². The zero-order valence-corrected chi connectivity index (χ0v) is 27.0. The van der Waals surface area contributed by atoms with Crippen LogP contribution < -0.4 is 10.6 Å². The monoisotopic (exact) mass is 661 g/mol. The number of aliphatic hydroxyl groups is 3. The summed E-state index contributed by atoms with van der Waals surface area (Å²) in [6.07, 6.45) is 5.00. The van der Waals surface area contributed by atoms with E-state index in [1.165, 1.54) is 25.7 Å². The van der Waals surface area contributed by atoms with Crippen LogP contribution in [0.3, 0.4) is 0 Å². The highest BCUT2D eigenvalue weighted by molar-refractivity contribution is 7.86. The van der Waals surface area contributed by atoms with Gasteiger partial charge in [-0.05, 0) is 45.0 Å². The molecular formula is C27H41Cl2N7O6S. The van der Waals surface area contributed by atoms with Crippen LogP contribution in [-0.2, 0) is 10.1 Å². The van der Waals surface area contributed by atoms with E-state index in [0.29, 0.717) is 12.2 Å². The van der Waals surface area contributed by atoms with Gasteiger partial charge in [-0.25, -0.2) is 4.98 Å². The van der Waals surface area contributed by atoms with Crippen molar-refractivity contribution >= 4 is 56.3 Å². The molecule has 2 rings (SSSR count). The van der Waals surface area contributed by atoms with Gasteiger partial charge in [0.15, 0.2) is 5.82 Å². The summed E-state index contributed by atoms with van der Waals surface area (Å²) in [6.45, 7) is 9.39. The lowest BCUT2D eigenvalue weighted by Crippen LogP contribution is -2.28. The van der Waals surface area contributed by atoms with Crippen molar-refractivity contribution in [1.29, 1.82) is 5.26 Å². The molecule has 1 heterocycles. The molecule has 6 N–H and O–H groups in total. The number of nitrogens with zero attached hydrogens (tertiary/aromatic N) is 5. The number of nitrogens with one attached hydrogen (secondary N) is 2. The van der Waals surface area contributed by atoms with Gasteiger partial charge in [-0.15, -0.1) is 10.2 Å². The first-order chi connectivity index (χ1) is 20.5. The number of azo groups is 1. The van der Waals surface area contributed by atoms with Crippen molar-refractivity contribution in [3.05, 3.63) is 33.3 Å². The Bertz CT molecular complexity index is 1330. The molecule has 0 atom stereocenters. The zero-order valence-electron chi connectivity index (χ0n) is 24.6. The Labute approximate surface area is 263 Å². The number of unbranched alkanes of at least 4 members (excludes halogenated alkanes) is 2. The average molecular weight is 663 g/mol. The lowest BCUT2D eigenvalue weighted by atomic mass is 10.1. The second kappa shape index (κ2) is 20.4. The van der Waals surface area contributed by atoms with E-state index >= 15 is 0 Å². The lowest BCUT2D eigenvalue weighted by Gasteiger charge is -2.20. The predicted molar refractivity (Wildman–Crippen MR) is 169 cm³/mol. The molecule has 0 aliphatic carbocycles. The number of nitriles is 1. The van der Waals surface area contributed by atoms with Crippen molar-refractivity contribution in [2.24, 2.45) is 10.2 Å². The number of hydrogen-bond donors (Lipinski definition) is 6. The number of halogens is 2. The van der Waals surface area contributed by atoms with E-state index in [1.54, 1.807) is 6.92 Å². The van der Waals surface area contributed by atoms with Gasteiger partial charge in [0.25, 0.3) is 10.1 Å². The highest BCUT2D eigenvalue weighted by atomic mass is 35.5. The molecule has 13 nitrogen and oxygen atoms in total. The van der Waals surface area contributed by atoms with Crippen molar-refractivity contribution in [3.8, 4) is 6.07 Å². The third-order valence-electron chi connectivity index (χ3n) is 5.94. The molecule has 0 fully saturated rings. The van der Waals surface area contributed by atoms with Gasteiger partial charge in [-0.3, -0.25) is 4.55 Å². The summed E-state index contributed by atoms with van der Waals surface area (Å²) in [5.74, 6) is 0.415. The topological polar surface area (TPSA) is 204 Å². The van der Waals surface area contributed by atoms with Crippen LogP contribution in [0, 0.1) is 18.3 Å². The largest absolute Gasteiger partial charge is 0.395 e. The van der Waals surface area contributed by atoms with E-state index in [0.717, 1.165) is 31.8 Å². The van der Waals surface area contributed by atoms with Gasteiger partial charge < -0.3 is 30.9 Å². The van der Waals surface area contributed by atoms with E-state index < -0.39 is 15.0 Å². The van der Waals surface area contributed by atoms with Crippen LogP contribution in [0.1, 0.15) is 50.7 Å². The molecule has 1 aromatic carbocycles. The van der Waals surface area contributed by atoms with Gasteiger partial charge in [-0.2, -0.15) is 13.7 Å². The summed E-state index contributed by atoms with van der Waals surface area (Å²) in [7, 11) is -4.58. The molecule has 0 unspecified atom stereocenters. The summed E-state index contributed by atoms with van der Waals surface area (Å²) in [5.41, 5.74) is 0.750.